The smallest absolute Gasteiger partial charge is 0.276 e. The molecular weight excluding hydrogens is 298 g/mol. The molecule has 0 atom stereocenters. The van der Waals surface area contributed by atoms with Crippen molar-refractivity contribution in [2.45, 2.75) is 25.7 Å². The SMILES string of the molecule is O=c1c2c(nc3c(-c4cccc5ccccc45)c[nH]n13)CCCC2. The molecule has 2 aromatic carbocycles. The normalized spacial score (nSPS) is 14.2. The number of fused-ring (bicyclic) bond motifs is 3. The van der Waals surface area contributed by atoms with Crippen LogP contribution in [0.2, 0.25) is 0 Å². The van der Waals surface area contributed by atoms with E-state index >= 15 is 0 Å². The van der Waals surface area contributed by atoms with Crippen LogP contribution in [0.3, 0.4) is 0 Å². The molecule has 2 aromatic heterocycles. The van der Waals surface area contributed by atoms with Crippen LogP contribution in [0.4, 0.5) is 0 Å². The molecular formula is C20H17N3O. The minimum atomic E-state index is 0.0567. The molecule has 4 heteroatoms. The lowest BCUT2D eigenvalue weighted by Gasteiger charge is -2.14. The third kappa shape index (κ3) is 1.86. The molecule has 1 aliphatic carbocycles. The fourth-order valence-corrected chi connectivity index (χ4v) is 3.80. The van der Waals surface area contributed by atoms with E-state index in [0.29, 0.717) is 0 Å². The molecule has 0 amide bonds. The van der Waals surface area contributed by atoms with Crippen molar-refractivity contribution in [3.8, 4) is 11.1 Å². The van der Waals surface area contributed by atoms with E-state index in [1.807, 2.05) is 18.3 Å². The Bertz CT molecular complexity index is 1130. The Morgan fingerprint density at radius 2 is 1.79 bits per heavy atom. The summed E-state index contributed by atoms with van der Waals surface area (Å²) in [5, 5.41) is 5.48. The summed E-state index contributed by atoms with van der Waals surface area (Å²) < 4.78 is 1.60. The number of nitrogens with one attached hydrogen (secondary N) is 1. The number of aryl methyl sites for hydroxylation is 1. The van der Waals surface area contributed by atoms with Crippen molar-refractivity contribution in [1.82, 2.24) is 14.6 Å². The van der Waals surface area contributed by atoms with Gasteiger partial charge >= 0.3 is 0 Å². The first kappa shape index (κ1) is 13.5. The van der Waals surface area contributed by atoms with Gasteiger partial charge in [-0.25, -0.2) is 9.50 Å². The Morgan fingerprint density at radius 3 is 2.75 bits per heavy atom. The van der Waals surface area contributed by atoms with Gasteiger partial charge < -0.3 is 0 Å². The Labute approximate surface area is 138 Å². The van der Waals surface area contributed by atoms with Crippen LogP contribution in [-0.4, -0.2) is 14.6 Å². The molecule has 24 heavy (non-hydrogen) atoms. The standard InChI is InChI=1S/C20H17N3O/c24-20-16-9-3-4-11-18(16)22-19-17(12-21-23(19)20)15-10-5-7-13-6-1-2-8-14(13)15/h1-2,5-8,10,12,21H,3-4,9,11H2. The van der Waals surface area contributed by atoms with Crippen LogP contribution < -0.4 is 5.56 Å². The Morgan fingerprint density at radius 1 is 0.958 bits per heavy atom. The molecule has 0 saturated carbocycles. The third-order valence-corrected chi connectivity index (χ3v) is 5.01. The molecule has 0 fully saturated rings. The molecule has 5 rings (SSSR count). The summed E-state index contributed by atoms with van der Waals surface area (Å²) in [6.07, 6.45) is 5.83. The summed E-state index contributed by atoms with van der Waals surface area (Å²) in [6, 6.07) is 14.6. The predicted molar refractivity (Wildman–Crippen MR) is 95.4 cm³/mol. The van der Waals surface area contributed by atoms with E-state index in [0.717, 1.165) is 53.7 Å². The van der Waals surface area contributed by atoms with Gasteiger partial charge in [0.25, 0.3) is 5.56 Å². The minimum Gasteiger partial charge on any atom is -0.296 e. The van der Waals surface area contributed by atoms with Gasteiger partial charge in [0.1, 0.15) is 0 Å². The van der Waals surface area contributed by atoms with Crippen molar-refractivity contribution in [1.29, 1.82) is 0 Å². The quantitative estimate of drug-likeness (QED) is 0.582. The maximum atomic E-state index is 12.8. The number of hydrogen-bond donors (Lipinski definition) is 1. The van der Waals surface area contributed by atoms with E-state index < -0.39 is 0 Å². The molecule has 1 N–H and O–H groups in total. The highest BCUT2D eigenvalue weighted by molar-refractivity contribution is 5.99. The summed E-state index contributed by atoms with van der Waals surface area (Å²) in [5.74, 6) is 0. The van der Waals surface area contributed by atoms with E-state index in [1.54, 1.807) is 4.52 Å². The lowest BCUT2D eigenvalue weighted by Crippen LogP contribution is -2.24. The van der Waals surface area contributed by atoms with E-state index in [2.05, 4.69) is 35.4 Å². The number of rotatable bonds is 1. The molecule has 2 heterocycles. The second-order valence-electron chi connectivity index (χ2n) is 6.42. The number of H-pyrrole nitrogens is 1. The second-order valence-corrected chi connectivity index (χ2v) is 6.42. The largest absolute Gasteiger partial charge is 0.296 e. The van der Waals surface area contributed by atoms with Crippen LogP contribution in [0.15, 0.2) is 53.5 Å². The van der Waals surface area contributed by atoms with Crippen molar-refractivity contribution in [2.24, 2.45) is 0 Å². The highest BCUT2D eigenvalue weighted by Gasteiger charge is 2.19. The van der Waals surface area contributed by atoms with Gasteiger partial charge in [0.15, 0.2) is 5.65 Å². The van der Waals surface area contributed by atoms with Gasteiger partial charge in [-0.3, -0.25) is 9.89 Å². The summed E-state index contributed by atoms with van der Waals surface area (Å²) >= 11 is 0. The zero-order valence-corrected chi connectivity index (χ0v) is 13.2. The van der Waals surface area contributed by atoms with Crippen molar-refractivity contribution < 1.29 is 0 Å². The van der Waals surface area contributed by atoms with Crippen molar-refractivity contribution >= 4 is 16.4 Å². The van der Waals surface area contributed by atoms with Gasteiger partial charge in [0, 0.05) is 17.3 Å². The van der Waals surface area contributed by atoms with E-state index in [4.69, 9.17) is 4.98 Å². The summed E-state index contributed by atoms with van der Waals surface area (Å²) in [4.78, 5) is 17.6. The average Bonchev–Trinajstić information content (AvgIpc) is 3.05. The molecule has 118 valence electrons. The maximum Gasteiger partial charge on any atom is 0.276 e. The van der Waals surface area contributed by atoms with E-state index in [9.17, 15) is 4.79 Å². The van der Waals surface area contributed by atoms with Gasteiger partial charge in [-0.05, 0) is 42.0 Å². The molecule has 0 spiro atoms. The number of nitrogens with zero attached hydrogens (tertiary/aromatic N) is 2. The van der Waals surface area contributed by atoms with Crippen molar-refractivity contribution in [3.05, 3.63) is 70.3 Å². The Hall–Kier alpha value is -2.88. The number of aromatic nitrogens is 3. The first-order valence-corrected chi connectivity index (χ1v) is 8.43. The molecule has 0 unspecified atom stereocenters. The summed E-state index contributed by atoms with van der Waals surface area (Å²) in [5.41, 5.74) is 4.74. The zero-order chi connectivity index (χ0) is 16.1. The molecule has 0 aliphatic heterocycles. The monoisotopic (exact) mass is 315 g/mol. The molecule has 4 aromatic rings. The highest BCUT2D eigenvalue weighted by Crippen LogP contribution is 2.31. The van der Waals surface area contributed by atoms with Crippen molar-refractivity contribution in [3.63, 3.8) is 0 Å². The molecule has 0 saturated heterocycles. The van der Waals surface area contributed by atoms with Crippen LogP contribution in [0.1, 0.15) is 24.1 Å². The van der Waals surface area contributed by atoms with E-state index in [-0.39, 0.29) is 5.56 Å². The first-order chi connectivity index (χ1) is 11.8. The van der Waals surface area contributed by atoms with Crippen LogP contribution in [-0.2, 0) is 12.8 Å². The molecule has 1 aliphatic rings. The summed E-state index contributed by atoms with van der Waals surface area (Å²) in [7, 11) is 0. The lowest BCUT2D eigenvalue weighted by atomic mass is 9.97. The topological polar surface area (TPSA) is 50.2 Å². The number of aromatic amines is 1. The number of hydrogen-bond acceptors (Lipinski definition) is 2. The van der Waals surface area contributed by atoms with Crippen molar-refractivity contribution in [2.75, 3.05) is 0 Å². The number of benzene rings is 2. The van der Waals surface area contributed by atoms with Crippen LogP contribution >= 0.6 is 0 Å². The van der Waals surface area contributed by atoms with Crippen LogP contribution in [0.25, 0.3) is 27.5 Å². The molecule has 4 nitrogen and oxygen atoms in total. The maximum absolute atomic E-state index is 12.8. The second kappa shape index (κ2) is 5.06. The third-order valence-electron chi connectivity index (χ3n) is 5.01. The van der Waals surface area contributed by atoms with E-state index in [1.165, 1.54) is 10.8 Å². The zero-order valence-electron chi connectivity index (χ0n) is 13.2. The molecule has 0 bridgehead atoms. The first-order valence-electron chi connectivity index (χ1n) is 8.43. The van der Waals surface area contributed by atoms with Crippen LogP contribution in [0, 0.1) is 0 Å². The fraction of sp³-hybridized carbons (Fsp3) is 0.200. The molecule has 0 radical (unpaired) electrons. The van der Waals surface area contributed by atoms with Gasteiger partial charge in [-0.1, -0.05) is 42.5 Å². The van der Waals surface area contributed by atoms with Gasteiger partial charge in [-0.15, -0.1) is 0 Å². The predicted octanol–water partition coefficient (Wildman–Crippen LogP) is 3.72. The van der Waals surface area contributed by atoms with Crippen LogP contribution in [0.5, 0.6) is 0 Å². The highest BCUT2D eigenvalue weighted by atomic mass is 16.1. The van der Waals surface area contributed by atoms with Gasteiger partial charge in [-0.2, -0.15) is 0 Å². The fourth-order valence-electron chi connectivity index (χ4n) is 3.80. The summed E-state index contributed by atoms with van der Waals surface area (Å²) in [6.45, 7) is 0. The average molecular weight is 315 g/mol. The van der Waals surface area contributed by atoms with Gasteiger partial charge in [0.2, 0.25) is 0 Å². The lowest BCUT2D eigenvalue weighted by molar-refractivity contribution is 0.651. The van der Waals surface area contributed by atoms with Gasteiger partial charge in [0.05, 0.1) is 5.69 Å². The minimum absolute atomic E-state index is 0.0567. The Kier molecular flexibility index (Phi) is 2.86. The Balaban J connectivity index is 1.84.